The van der Waals surface area contributed by atoms with E-state index in [2.05, 4.69) is 0 Å². The van der Waals surface area contributed by atoms with Crippen LogP contribution in [-0.4, -0.2) is 61.9 Å². The van der Waals surface area contributed by atoms with E-state index in [-0.39, 0.29) is 18.5 Å². The highest BCUT2D eigenvalue weighted by Crippen LogP contribution is 2.24. The summed E-state index contributed by atoms with van der Waals surface area (Å²) in [5, 5.41) is 9.19. The highest BCUT2D eigenvalue weighted by molar-refractivity contribution is 7.91. The van der Waals surface area contributed by atoms with Crippen molar-refractivity contribution in [1.29, 1.82) is 0 Å². The number of halogens is 2. The minimum absolute atomic E-state index is 0.00576. The van der Waals surface area contributed by atoms with Crippen molar-refractivity contribution in [3.63, 3.8) is 0 Å². The van der Waals surface area contributed by atoms with Crippen LogP contribution in [0.5, 0.6) is 0 Å². The molecule has 10 heteroatoms. The number of benzene rings is 1. The second kappa shape index (κ2) is 6.81. The fourth-order valence-corrected chi connectivity index (χ4v) is 3.20. The van der Waals surface area contributed by atoms with E-state index in [4.69, 9.17) is 4.74 Å². The Balaban J connectivity index is 2.25. The molecule has 1 fully saturated rings. The number of likely N-dealkylation sites (tertiary alicyclic amines) is 1. The number of carbonyl (C=O) groups is 2. The summed E-state index contributed by atoms with van der Waals surface area (Å²) in [6.45, 7) is 0.0728. The topological polar surface area (TPSA) is 101 Å². The molecule has 0 aliphatic carbocycles. The summed E-state index contributed by atoms with van der Waals surface area (Å²) >= 11 is 0. The first-order chi connectivity index (χ1) is 11.2. The molecule has 2 unspecified atom stereocenters. The number of carboxylic acid groups (broad SMARTS) is 1. The van der Waals surface area contributed by atoms with E-state index in [1.807, 2.05) is 0 Å². The average molecular weight is 363 g/mol. The molecule has 0 saturated carbocycles. The van der Waals surface area contributed by atoms with E-state index < -0.39 is 44.5 Å². The van der Waals surface area contributed by atoms with E-state index in [0.717, 1.165) is 29.2 Å². The average Bonchev–Trinajstić information content (AvgIpc) is 2.98. The van der Waals surface area contributed by atoms with Gasteiger partial charge < -0.3 is 14.7 Å². The Morgan fingerprint density at radius 3 is 2.33 bits per heavy atom. The molecule has 1 aliphatic rings. The molecular weight excluding hydrogens is 348 g/mol. The molecule has 1 aromatic rings. The molecule has 1 saturated heterocycles. The van der Waals surface area contributed by atoms with Crippen molar-refractivity contribution in [1.82, 2.24) is 4.90 Å². The van der Waals surface area contributed by atoms with Crippen LogP contribution in [0.1, 0.15) is 16.8 Å². The van der Waals surface area contributed by atoms with Gasteiger partial charge >= 0.3 is 11.7 Å². The van der Waals surface area contributed by atoms with Crippen LogP contribution in [0.15, 0.2) is 29.2 Å². The van der Waals surface area contributed by atoms with E-state index in [9.17, 15) is 31.9 Å². The summed E-state index contributed by atoms with van der Waals surface area (Å²) in [5.41, 5.74) is 0.00576. The summed E-state index contributed by atoms with van der Waals surface area (Å²) in [6, 6.07) is 2.89. The lowest BCUT2D eigenvalue weighted by atomic mass is 10.1. The Bertz CT molecular complexity index is 734. The Labute approximate surface area is 136 Å². The number of carbonyl (C=O) groups excluding carboxylic acids is 1. The maximum absolute atomic E-state index is 12.5. The van der Waals surface area contributed by atoms with Gasteiger partial charge in [-0.25, -0.2) is 13.2 Å². The summed E-state index contributed by atoms with van der Waals surface area (Å²) < 4.78 is 52.7. The standard InChI is InChI=1S/C14H15F2NO6S/c1-23-9-6-11(13(19)20)17(7-9)12(18)8-2-4-10(5-3-8)24(21,22)14(15)16/h2-5,9,11,14H,6-7H2,1H3,(H,19,20). The first-order valence-electron chi connectivity index (χ1n) is 6.87. The van der Waals surface area contributed by atoms with Gasteiger partial charge in [0.1, 0.15) is 6.04 Å². The Morgan fingerprint density at radius 2 is 1.88 bits per heavy atom. The van der Waals surface area contributed by atoms with E-state index >= 15 is 0 Å². The zero-order valence-electron chi connectivity index (χ0n) is 12.6. The molecule has 1 aliphatic heterocycles. The van der Waals surface area contributed by atoms with Crippen molar-refractivity contribution in [2.75, 3.05) is 13.7 Å². The van der Waals surface area contributed by atoms with Crippen molar-refractivity contribution >= 4 is 21.7 Å². The Morgan fingerprint density at radius 1 is 1.29 bits per heavy atom. The maximum Gasteiger partial charge on any atom is 0.341 e. The predicted molar refractivity (Wildman–Crippen MR) is 77.5 cm³/mol. The number of methoxy groups -OCH3 is 1. The molecule has 7 nitrogen and oxygen atoms in total. The lowest BCUT2D eigenvalue weighted by Crippen LogP contribution is -2.40. The van der Waals surface area contributed by atoms with Crippen LogP contribution in [0.4, 0.5) is 8.78 Å². The van der Waals surface area contributed by atoms with Gasteiger partial charge in [-0.15, -0.1) is 0 Å². The highest BCUT2D eigenvalue weighted by atomic mass is 32.2. The van der Waals surface area contributed by atoms with E-state index in [1.54, 1.807) is 0 Å². The number of amides is 1. The molecule has 132 valence electrons. The van der Waals surface area contributed by atoms with Gasteiger partial charge in [0.15, 0.2) is 0 Å². The fourth-order valence-electron chi connectivity index (χ4n) is 2.48. The minimum atomic E-state index is -4.75. The summed E-state index contributed by atoms with van der Waals surface area (Å²) in [5.74, 6) is -5.38. The predicted octanol–water partition coefficient (Wildman–Crippen LogP) is 0.997. The lowest BCUT2D eigenvalue weighted by Gasteiger charge is -2.21. The maximum atomic E-state index is 12.5. The van der Waals surface area contributed by atoms with Crippen molar-refractivity contribution in [3.8, 4) is 0 Å². The SMILES string of the molecule is COC1CC(C(=O)O)N(C(=O)c2ccc(S(=O)(=O)C(F)F)cc2)C1. The van der Waals surface area contributed by atoms with Gasteiger partial charge in [0.05, 0.1) is 11.0 Å². The minimum Gasteiger partial charge on any atom is -0.480 e. The summed E-state index contributed by atoms with van der Waals surface area (Å²) in [7, 11) is -3.34. The van der Waals surface area contributed by atoms with Crippen LogP contribution >= 0.6 is 0 Å². The number of ether oxygens (including phenoxy) is 1. The van der Waals surface area contributed by atoms with Crippen LogP contribution in [-0.2, 0) is 19.4 Å². The molecule has 1 amide bonds. The number of sulfone groups is 1. The summed E-state index contributed by atoms with van der Waals surface area (Å²) in [4.78, 5) is 24.2. The van der Waals surface area contributed by atoms with Gasteiger partial charge in [-0.2, -0.15) is 8.78 Å². The van der Waals surface area contributed by atoms with Crippen molar-refractivity contribution in [2.45, 2.75) is 29.2 Å². The second-order valence-corrected chi connectivity index (χ2v) is 7.15. The highest BCUT2D eigenvalue weighted by Gasteiger charge is 2.40. The number of alkyl halides is 2. The van der Waals surface area contributed by atoms with Crippen molar-refractivity contribution in [3.05, 3.63) is 29.8 Å². The van der Waals surface area contributed by atoms with Gasteiger partial charge in [0.2, 0.25) is 9.84 Å². The molecule has 1 N–H and O–H groups in total. The third-order valence-electron chi connectivity index (χ3n) is 3.81. The second-order valence-electron chi connectivity index (χ2n) is 5.24. The van der Waals surface area contributed by atoms with Gasteiger partial charge in [-0.3, -0.25) is 4.79 Å². The van der Waals surface area contributed by atoms with Crippen molar-refractivity contribution < 1.29 is 36.6 Å². The van der Waals surface area contributed by atoms with Crippen LogP contribution in [0.3, 0.4) is 0 Å². The Hall–Kier alpha value is -2.07. The first-order valence-corrected chi connectivity index (χ1v) is 8.41. The van der Waals surface area contributed by atoms with Gasteiger partial charge in [-0.1, -0.05) is 0 Å². The lowest BCUT2D eigenvalue weighted by molar-refractivity contribution is -0.141. The van der Waals surface area contributed by atoms with E-state index in [1.165, 1.54) is 7.11 Å². The number of carboxylic acids is 1. The number of hydrogen-bond acceptors (Lipinski definition) is 5. The number of hydrogen-bond donors (Lipinski definition) is 1. The van der Waals surface area contributed by atoms with Crippen LogP contribution in [0, 0.1) is 0 Å². The number of rotatable bonds is 5. The molecule has 1 aromatic carbocycles. The van der Waals surface area contributed by atoms with Crippen LogP contribution in [0.2, 0.25) is 0 Å². The van der Waals surface area contributed by atoms with Gasteiger partial charge in [0.25, 0.3) is 5.91 Å². The zero-order valence-corrected chi connectivity index (χ0v) is 13.4. The quantitative estimate of drug-likeness (QED) is 0.837. The van der Waals surface area contributed by atoms with Crippen molar-refractivity contribution in [2.24, 2.45) is 0 Å². The molecule has 0 radical (unpaired) electrons. The normalized spacial score (nSPS) is 21.2. The Kier molecular flexibility index (Phi) is 5.19. The largest absolute Gasteiger partial charge is 0.480 e. The monoisotopic (exact) mass is 363 g/mol. The van der Waals surface area contributed by atoms with E-state index in [0.29, 0.717) is 0 Å². The van der Waals surface area contributed by atoms with Crippen LogP contribution in [0.25, 0.3) is 0 Å². The third-order valence-corrected chi connectivity index (χ3v) is 5.20. The summed E-state index contributed by atoms with van der Waals surface area (Å²) in [6.07, 6.45) is -0.288. The molecular formula is C14H15F2NO6S. The van der Waals surface area contributed by atoms with Gasteiger partial charge in [0, 0.05) is 25.6 Å². The number of nitrogens with zero attached hydrogens (tertiary/aromatic N) is 1. The molecule has 1 heterocycles. The smallest absolute Gasteiger partial charge is 0.341 e. The first kappa shape index (κ1) is 18.3. The molecule has 0 spiro atoms. The molecule has 2 rings (SSSR count). The zero-order chi connectivity index (χ0) is 18.1. The van der Waals surface area contributed by atoms with Gasteiger partial charge in [-0.05, 0) is 24.3 Å². The third kappa shape index (κ3) is 3.39. The number of aliphatic carboxylic acids is 1. The van der Waals surface area contributed by atoms with Crippen LogP contribution < -0.4 is 0 Å². The molecule has 2 atom stereocenters. The molecule has 0 bridgehead atoms. The fraction of sp³-hybridized carbons (Fsp3) is 0.429. The molecule has 24 heavy (non-hydrogen) atoms. The molecule has 0 aromatic heterocycles.